The van der Waals surface area contributed by atoms with Crippen LogP contribution in [0, 0.1) is 6.92 Å². The van der Waals surface area contributed by atoms with Crippen LogP contribution >= 0.6 is 15.9 Å². The van der Waals surface area contributed by atoms with Crippen LogP contribution in [0.1, 0.15) is 24.4 Å². The van der Waals surface area contributed by atoms with Crippen molar-refractivity contribution >= 4 is 27.6 Å². The number of hydrogen-bond acceptors (Lipinski definition) is 3. The molecule has 1 aromatic carbocycles. The molecule has 1 atom stereocenters. The lowest BCUT2D eigenvalue weighted by atomic mass is 10.1. The Morgan fingerprint density at radius 2 is 2.00 bits per heavy atom. The molecule has 0 fully saturated rings. The van der Waals surface area contributed by atoms with E-state index in [2.05, 4.69) is 50.3 Å². The van der Waals surface area contributed by atoms with Crippen molar-refractivity contribution in [1.29, 1.82) is 0 Å². The predicted molar refractivity (Wildman–Crippen MR) is 73.9 cm³/mol. The number of nitrogens with two attached hydrogens (primary N) is 1. The molecule has 1 aromatic heterocycles. The van der Waals surface area contributed by atoms with E-state index in [1.54, 1.807) is 0 Å². The molecule has 17 heavy (non-hydrogen) atoms. The van der Waals surface area contributed by atoms with Crippen molar-refractivity contribution < 1.29 is 0 Å². The predicted octanol–water partition coefficient (Wildman–Crippen LogP) is 3.24. The van der Waals surface area contributed by atoms with E-state index in [9.17, 15) is 0 Å². The number of rotatable bonds is 3. The second-order valence-corrected chi connectivity index (χ2v) is 4.92. The fourth-order valence-electron chi connectivity index (χ4n) is 1.66. The number of nitrogens with zero attached hydrogens (tertiary/aromatic N) is 1. The largest absolute Gasteiger partial charge is 0.382 e. The minimum absolute atomic E-state index is 0.160. The van der Waals surface area contributed by atoms with Crippen molar-refractivity contribution in [3.63, 3.8) is 0 Å². The maximum atomic E-state index is 5.80. The highest BCUT2D eigenvalue weighted by molar-refractivity contribution is 9.10. The van der Waals surface area contributed by atoms with Gasteiger partial charge in [-0.2, -0.15) is 0 Å². The molecular formula is C12H15BrN4. The maximum absolute atomic E-state index is 5.80. The smallest absolute Gasteiger partial charge is 0.169 e. The zero-order valence-corrected chi connectivity index (χ0v) is 11.4. The van der Waals surface area contributed by atoms with E-state index < -0.39 is 0 Å². The molecule has 1 heterocycles. The number of halogens is 1. The second kappa shape index (κ2) is 4.79. The molecule has 2 rings (SSSR count). The highest BCUT2D eigenvalue weighted by atomic mass is 79.9. The number of benzene rings is 1. The fourth-order valence-corrected chi connectivity index (χ4v) is 1.92. The van der Waals surface area contributed by atoms with Crippen LogP contribution in [0.15, 0.2) is 28.7 Å². The lowest BCUT2D eigenvalue weighted by Gasteiger charge is -2.14. The van der Waals surface area contributed by atoms with Crippen LogP contribution in [0.3, 0.4) is 0 Å². The molecule has 4 N–H and O–H groups in total. The lowest BCUT2D eigenvalue weighted by Crippen LogP contribution is -2.08. The van der Waals surface area contributed by atoms with Gasteiger partial charge in [-0.15, -0.1) is 0 Å². The van der Waals surface area contributed by atoms with Crippen LogP contribution in [0.4, 0.5) is 11.6 Å². The minimum Gasteiger partial charge on any atom is -0.382 e. The fraction of sp³-hybridized carbons (Fsp3) is 0.250. The Labute approximate surface area is 109 Å². The first kappa shape index (κ1) is 12.0. The van der Waals surface area contributed by atoms with Crippen LogP contribution < -0.4 is 11.1 Å². The SMILES string of the molecule is Cc1nc(NC(C)c2ccc(Br)cc2)c(N)[nH]1. The van der Waals surface area contributed by atoms with E-state index >= 15 is 0 Å². The van der Waals surface area contributed by atoms with E-state index in [1.165, 1.54) is 5.56 Å². The van der Waals surface area contributed by atoms with E-state index in [1.807, 2.05) is 19.1 Å². The van der Waals surface area contributed by atoms with Gasteiger partial charge in [0.15, 0.2) is 5.82 Å². The van der Waals surface area contributed by atoms with Gasteiger partial charge in [0.2, 0.25) is 0 Å². The first-order chi connectivity index (χ1) is 8.06. The molecule has 0 radical (unpaired) electrons. The van der Waals surface area contributed by atoms with Gasteiger partial charge in [-0.05, 0) is 31.5 Å². The van der Waals surface area contributed by atoms with Crippen molar-refractivity contribution in [3.05, 3.63) is 40.1 Å². The topological polar surface area (TPSA) is 66.7 Å². The summed E-state index contributed by atoms with van der Waals surface area (Å²) in [6, 6.07) is 8.34. The summed E-state index contributed by atoms with van der Waals surface area (Å²) in [7, 11) is 0. The number of nitrogen functional groups attached to an aromatic ring is 1. The summed E-state index contributed by atoms with van der Waals surface area (Å²) in [5, 5.41) is 3.28. The molecule has 0 aliphatic carbocycles. The zero-order chi connectivity index (χ0) is 12.4. The first-order valence-electron chi connectivity index (χ1n) is 5.40. The number of imidazole rings is 1. The number of aryl methyl sites for hydroxylation is 1. The monoisotopic (exact) mass is 294 g/mol. The van der Waals surface area contributed by atoms with Crippen LogP contribution in [-0.4, -0.2) is 9.97 Å². The van der Waals surface area contributed by atoms with Gasteiger partial charge < -0.3 is 16.0 Å². The molecule has 1 unspecified atom stereocenters. The van der Waals surface area contributed by atoms with Gasteiger partial charge >= 0.3 is 0 Å². The van der Waals surface area contributed by atoms with Gasteiger partial charge in [-0.3, -0.25) is 0 Å². The van der Waals surface area contributed by atoms with Gasteiger partial charge in [-0.25, -0.2) is 4.98 Å². The second-order valence-electron chi connectivity index (χ2n) is 4.00. The Balaban J connectivity index is 2.13. The molecule has 0 saturated carbocycles. The molecule has 5 heteroatoms. The average Bonchev–Trinajstić information content (AvgIpc) is 2.58. The van der Waals surface area contributed by atoms with Gasteiger partial charge in [-0.1, -0.05) is 28.1 Å². The Bertz CT molecular complexity index is 504. The van der Waals surface area contributed by atoms with E-state index in [0.717, 1.165) is 10.3 Å². The number of nitrogens with one attached hydrogen (secondary N) is 2. The molecular weight excluding hydrogens is 280 g/mol. The van der Waals surface area contributed by atoms with Crippen molar-refractivity contribution in [2.24, 2.45) is 0 Å². The minimum atomic E-state index is 0.160. The molecule has 4 nitrogen and oxygen atoms in total. The van der Waals surface area contributed by atoms with Gasteiger partial charge in [0.05, 0.1) is 6.04 Å². The van der Waals surface area contributed by atoms with E-state index in [4.69, 9.17) is 5.73 Å². The van der Waals surface area contributed by atoms with Gasteiger partial charge in [0.25, 0.3) is 0 Å². The highest BCUT2D eigenvalue weighted by Crippen LogP contribution is 2.23. The molecule has 0 aliphatic heterocycles. The van der Waals surface area contributed by atoms with E-state index in [-0.39, 0.29) is 6.04 Å². The normalized spacial score (nSPS) is 12.4. The Morgan fingerprint density at radius 1 is 1.35 bits per heavy atom. The summed E-state index contributed by atoms with van der Waals surface area (Å²) in [6.07, 6.45) is 0. The standard InChI is InChI=1S/C12H15BrN4/c1-7(9-3-5-10(13)6-4-9)15-12-11(14)16-8(2)17-12/h3-7,15H,14H2,1-2H3,(H,16,17). The van der Waals surface area contributed by atoms with Gasteiger partial charge in [0, 0.05) is 4.47 Å². The van der Waals surface area contributed by atoms with Gasteiger partial charge in [0.1, 0.15) is 11.6 Å². The molecule has 0 amide bonds. The zero-order valence-electron chi connectivity index (χ0n) is 9.79. The van der Waals surface area contributed by atoms with Crippen molar-refractivity contribution in [3.8, 4) is 0 Å². The third-order valence-electron chi connectivity index (χ3n) is 2.57. The van der Waals surface area contributed by atoms with Crippen LogP contribution in [0.25, 0.3) is 0 Å². The molecule has 90 valence electrons. The molecule has 2 aromatic rings. The highest BCUT2D eigenvalue weighted by Gasteiger charge is 2.10. The number of anilines is 2. The van der Waals surface area contributed by atoms with E-state index in [0.29, 0.717) is 11.6 Å². The Kier molecular flexibility index (Phi) is 3.38. The summed E-state index contributed by atoms with van der Waals surface area (Å²) >= 11 is 3.42. The van der Waals surface area contributed by atoms with Crippen molar-refractivity contribution in [2.45, 2.75) is 19.9 Å². The number of H-pyrrole nitrogens is 1. The quantitative estimate of drug-likeness (QED) is 0.814. The Morgan fingerprint density at radius 3 is 2.53 bits per heavy atom. The number of hydrogen-bond donors (Lipinski definition) is 3. The average molecular weight is 295 g/mol. The van der Waals surface area contributed by atoms with Crippen LogP contribution in [0.2, 0.25) is 0 Å². The molecule has 0 bridgehead atoms. The summed E-state index contributed by atoms with van der Waals surface area (Å²) in [5.41, 5.74) is 6.99. The maximum Gasteiger partial charge on any atom is 0.169 e. The lowest BCUT2D eigenvalue weighted by molar-refractivity contribution is 0.876. The molecule has 0 spiro atoms. The van der Waals surface area contributed by atoms with Crippen molar-refractivity contribution in [1.82, 2.24) is 9.97 Å². The summed E-state index contributed by atoms with van der Waals surface area (Å²) in [5.74, 6) is 2.09. The summed E-state index contributed by atoms with van der Waals surface area (Å²) < 4.78 is 1.07. The molecule has 0 aliphatic rings. The number of aromatic nitrogens is 2. The van der Waals surface area contributed by atoms with Crippen molar-refractivity contribution in [2.75, 3.05) is 11.1 Å². The van der Waals surface area contributed by atoms with Crippen LogP contribution in [0.5, 0.6) is 0 Å². The molecule has 0 saturated heterocycles. The van der Waals surface area contributed by atoms with Crippen LogP contribution in [-0.2, 0) is 0 Å². The summed E-state index contributed by atoms with van der Waals surface area (Å²) in [4.78, 5) is 7.26. The third-order valence-corrected chi connectivity index (χ3v) is 3.10. The summed E-state index contributed by atoms with van der Waals surface area (Å²) in [6.45, 7) is 3.96. The number of aromatic amines is 1. The third kappa shape index (κ3) is 2.79. The first-order valence-corrected chi connectivity index (χ1v) is 6.19. The Hall–Kier alpha value is -1.49.